The van der Waals surface area contributed by atoms with E-state index in [2.05, 4.69) is 5.32 Å². The highest BCUT2D eigenvalue weighted by atomic mass is 32.1. The zero-order chi connectivity index (χ0) is 15.7. The zero-order valence-electron chi connectivity index (χ0n) is 11.2. The third-order valence-corrected chi connectivity index (χ3v) is 4.31. The van der Waals surface area contributed by atoms with E-state index in [-0.39, 0.29) is 10.9 Å². The average Bonchev–Trinajstić information content (AvgIpc) is 2.93. The normalized spacial score (nSPS) is 12.7. The van der Waals surface area contributed by atoms with Crippen molar-refractivity contribution in [3.05, 3.63) is 46.1 Å². The summed E-state index contributed by atoms with van der Waals surface area (Å²) in [6.07, 6.45) is 0. The van der Waals surface area contributed by atoms with E-state index in [1.54, 1.807) is 6.07 Å². The Kier molecular flexibility index (Phi) is 4.63. The molecule has 2 aromatic rings. The molecule has 0 radical (unpaired) electrons. The van der Waals surface area contributed by atoms with Gasteiger partial charge >= 0.3 is 0 Å². The van der Waals surface area contributed by atoms with Crippen molar-refractivity contribution in [2.75, 3.05) is 6.54 Å². The van der Waals surface area contributed by atoms with Crippen LogP contribution in [0.25, 0.3) is 10.4 Å². The summed E-state index contributed by atoms with van der Waals surface area (Å²) in [4.78, 5) is 0.748. The van der Waals surface area contributed by atoms with Crippen LogP contribution in [0.4, 0.5) is 22.0 Å². The number of rotatable bonds is 4. The van der Waals surface area contributed by atoms with Crippen molar-refractivity contribution >= 4 is 11.3 Å². The van der Waals surface area contributed by atoms with Crippen LogP contribution in [-0.2, 0) is 0 Å². The molecule has 114 valence electrons. The lowest BCUT2D eigenvalue weighted by molar-refractivity contribution is 0.381. The van der Waals surface area contributed by atoms with E-state index in [1.807, 2.05) is 13.8 Å². The van der Waals surface area contributed by atoms with Gasteiger partial charge in [0.25, 0.3) is 0 Å². The molecule has 1 atom stereocenters. The minimum atomic E-state index is -2.15. The second-order valence-corrected chi connectivity index (χ2v) is 5.54. The first-order valence-corrected chi connectivity index (χ1v) is 7.05. The van der Waals surface area contributed by atoms with E-state index in [9.17, 15) is 22.0 Å². The minimum absolute atomic E-state index is 0.00236. The van der Waals surface area contributed by atoms with Crippen LogP contribution in [-0.4, -0.2) is 6.54 Å². The van der Waals surface area contributed by atoms with Crippen LogP contribution in [0.15, 0.2) is 12.1 Å². The maximum atomic E-state index is 13.7. The maximum Gasteiger partial charge on any atom is 0.200 e. The first-order chi connectivity index (χ1) is 9.88. The number of thiophene rings is 1. The first kappa shape index (κ1) is 15.9. The maximum absolute atomic E-state index is 13.7. The van der Waals surface area contributed by atoms with Gasteiger partial charge in [0.05, 0.1) is 5.56 Å². The van der Waals surface area contributed by atoms with Gasteiger partial charge in [-0.1, -0.05) is 6.92 Å². The number of halogens is 5. The molecule has 1 nitrogen and oxygen atoms in total. The van der Waals surface area contributed by atoms with Crippen molar-refractivity contribution in [3.63, 3.8) is 0 Å². The van der Waals surface area contributed by atoms with E-state index < -0.39 is 34.6 Å². The Morgan fingerprint density at radius 1 is 0.952 bits per heavy atom. The Hall–Kier alpha value is -1.47. The smallest absolute Gasteiger partial charge is 0.200 e. The van der Waals surface area contributed by atoms with Gasteiger partial charge in [-0.15, -0.1) is 11.3 Å². The van der Waals surface area contributed by atoms with Crippen LogP contribution in [0, 0.1) is 29.1 Å². The molecule has 7 heteroatoms. The quantitative estimate of drug-likeness (QED) is 0.485. The minimum Gasteiger partial charge on any atom is -0.310 e. The van der Waals surface area contributed by atoms with Gasteiger partial charge in [0.1, 0.15) is 0 Å². The standard InChI is InChI=1S/C14H12F5NS/c1-3-20-6(2)7-4-5-8(21-7)9-10(15)12(17)14(19)13(18)11(9)16/h4-6,20H,3H2,1-2H3. The largest absolute Gasteiger partial charge is 0.310 e. The van der Waals surface area contributed by atoms with E-state index >= 15 is 0 Å². The third-order valence-electron chi connectivity index (χ3n) is 3.02. The molecule has 0 spiro atoms. The van der Waals surface area contributed by atoms with Crippen molar-refractivity contribution < 1.29 is 22.0 Å². The van der Waals surface area contributed by atoms with E-state index in [0.29, 0.717) is 6.54 Å². The van der Waals surface area contributed by atoms with Crippen LogP contribution in [0.5, 0.6) is 0 Å². The van der Waals surface area contributed by atoms with Crippen molar-refractivity contribution in [1.82, 2.24) is 5.32 Å². The molecule has 0 aliphatic carbocycles. The Morgan fingerprint density at radius 2 is 1.48 bits per heavy atom. The highest BCUT2D eigenvalue weighted by Crippen LogP contribution is 2.37. The fourth-order valence-electron chi connectivity index (χ4n) is 1.95. The van der Waals surface area contributed by atoms with E-state index in [0.717, 1.165) is 16.2 Å². The highest BCUT2D eigenvalue weighted by molar-refractivity contribution is 7.15. The molecule has 1 unspecified atom stereocenters. The van der Waals surface area contributed by atoms with Gasteiger partial charge in [-0.3, -0.25) is 0 Å². The van der Waals surface area contributed by atoms with Gasteiger partial charge < -0.3 is 5.32 Å². The SMILES string of the molecule is CCNC(C)c1ccc(-c2c(F)c(F)c(F)c(F)c2F)s1. The molecule has 1 aromatic carbocycles. The molecule has 0 saturated heterocycles. The lowest BCUT2D eigenvalue weighted by Crippen LogP contribution is -2.16. The van der Waals surface area contributed by atoms with Crippen molar-refractivity contribution in [1.29, 1.82) is 0 Å². The highest BCUT2D eigenvalue weighted by Gasteiger charge is 2.27. The Morgan fingerprint density at radius 3 is 2.00 bits per heavy atom. The van der Waals surface area contributed by atoms with Gasteiger partial charge in [0.2, 0.25) is 5.82 Å². The third kappa shape index (κ3) is 2.80. The molecule has 1 heterocycles. The van der Waals surface area contributed by atoms with Gasteiger partial charge in [-0.2, -0.15) is 0 Å². The molecule has 21 heavy (non-hydrogen) atoms. The summed E-state index contributed by atoms with van der Waals surface area (Å²) >= 11 is 0.987. The van der Waals surface area contributed by atoms with Crippen molar-refractivity contribution in [2.45, 2.75) is 19.9 Å². The fraction of sp³-hybridized carbons (Fsp3) is 0.286. The Labute approximate surface area is 122 Å². The fourth-order valence-corrected chi connectivity index (χ4v) is 3.02. The van der Waals surface area contributed by atoms with Gasteiger partial charge in [0, 0.05) is 15.8 Å². The second kappa shape index (κ2) is 6.11. The summed E-state index contributed by atoms with van der Waals surface area (Å²) in [7, 11) is 0. The van der Waals surface area contributed by atoms with E-state index in [4.69, 9.17) is 0 Å². The van der Waals surface area contributed by atoms with Crippen LogP contribution in [0.2, 0.25) is 0 Å². The number of nitrogens with one attached hydrogen (secondary N) is 1. The topological polar surface area (TPSA) is 12.0 Å². The molecule has 1 aromatic heterocycles. The van der Waals surface area contributed by atoms with Crippen LogP contribution < -0.4 is 5.32 Å². The molecular weight excluding hydrogens is 309 g/mol. The Bertz CT molecular complexity index is 639. The molecule has 0 amide bonds. The summed E-state index contributed by atoms with van der Waals surface area (Å²) in [6.45, 7) is 4.43. The molecule has 0 aliphatic heterocycles. The average molecular weight is 321 g/mol. The molecule has 0 aliphatic rings. The molecule has 0 saturated carbocycles. The van der Waals surface area contributed by atoms with Gasteiger partial charge in [0.15, 0.2) is 23.3 Å². The van der Waals surface area contributed by atoms with E-state index in [1.165, 1.54) is 6.07 Å². The number of hydrogen-bond acceptors (Lipinski definition) is 2. The Balaban J connectivity index is 2.53. The zero-order valence-corrected chi connectivity index (χ0v) is 12.1. The number of hydrogen-bond donors (Lipinski definition) is 1. The summed E-state index contributed by atoms with van der Waals surface area (Å²) < 4.78 is 66.9. The summed E-state index contributed by atoms with van der Waals surface area (Å²) in [5.41, 5.74) is -0.883. The van der Waals surface area contributed by atoms with Crippen molar-refractivity contribution in [3.8, 4) is 10.4 Å². The summed E-state index contributed by atoms with van der Waals surface area (Å²) in [5, 5.41) is 3.10. The lowest BCUT2D eigenvalue weighted by Gasteiger charge is -2.09. The van der Waals surface area contributed by atoms with Gasteiger partial charge in [-0.25, -0.2) is 22.0 Å². The first-order valence-electron chi connectivity index (χ1n) is 6.23. The summed E-state index contributed by atoms with van der Waals surface area (Å²) in [5.74, 6) is -9.63. The second-order valence-electron chi connectivity index (χ2n) is 4.43. The van der Waals surface area contributed by atoms with Gasteiger partial charge in [-0.05, 0) is 25.6 Å². The van der Waals surface area contributed by atoms with Crippen LogP contribution in [0.1, 0.15) is 24.8 Å². The monoisotopic (exact) mass is 321 g/mol. The molecular formula is C14H12F5NS. The predicted octanol–water partition coefficient (Wildman–Crippen LogP) is 4.78. The van der Waals surface area contributed by atoms with Crippen molar-refractivity contribution in [2.24, 2.45) is 0 Å². The predicted molar refractivity (Wildman–Crippen MR) is 71.6 cm³/mol. The van der Waals surface area contributed by atoms with Crippen LogP contribution >= 0.6 is 11.3 Å². The molecule has 0 bridgehead atoms. The van der Waals surface area contributed by atoms with Crippen LogP contribution in [0.3, 0.4) is 0 Å². The lowest BCUT2D eigenvalue weighted by atomic mass is 10.1. The number of benzene rings is 1. The molecule has 1 N–H and O–H groups in total. The summed E-state index contributed by atoms with van der Waals surface area (Å²) in [6, 6.07) is 2.88. The molecule has 2 rings (SSSR count). The molecule has 0 fully saturated rings.